The van der Waals surface area contributed by atoms with Crippen LogP contribution in [0.25, 0.3) is 0 Å². The molecule has 0 saturated carbocycles. The van der Waals surface area contributed by atoms with Gasteiger partial charge in [0.15, 0.2) is 6.29 Å². The minimum absolute atomic E-state index is 0.0163. The molecule has 2 N–H and O–H groups in total. The van der Waals surface area contributed by atoms with Crippen LogP contribution in [0.4, 0.5) is 0 Å². The molecule has 2 aromatic rings. The first kappa shape index (κ1) is 22.5. The van der Waals surface area contributed by atoms with Gasteiger partial charge in [0, 0.05) is 38.7 Å². The summed E-state index contributed by atoms with van der Waals surface area (Å²) in [5.74, 6) is 0.889. The Morgan fingerprint density at radius 2 is 1.48 bits per heavy atom. The van der Waals surface area contributed by atoms with Gasteiger partial charge in [-0.1, -0.05) is 13.8 Å². The Hall–Kier alpha value is -2.58. The van der Waals surface area contributed by atoms with Crippen LogP contribution in [0, 0.1) is 0 Å². The molecule has 150 valence electrons. The Kier molecular flexibility index (Phi) is 9.32. The Labute approximate surface area is 157 Å². The maximum absolute atomic E-state index is 11.1. The van der Waals surface area contributed by atoms with Crippen LogP contribution in [0.3, 0.4) is 0 Å². The monoisotopic (exact) mass is 382 g/mol. The van der Waals surface area contributed by atoms with E-state index in [0.717, 1.165) is 18.6 Å². The minimum atomic E-state index is -0.540. The number of methoxy groups -OCH3 is 2. The second-order valence-electron chi connectivity index (χ2n) is 5.87. The number of ether oxygens (including phenoxy) is 2. The van der Waals surface area contributed by atoms with E-state index >= 15 is 0 Å². The zero-order chi connectivity index (χ0) is 20.4. The first-order valence-corrected chi connectivity index (χ1v) is 8.51. The van der Waals surface area contributed by atoms with Crippen LogP contribution >= 0.6 is 0 Å². The maximum atomic E-state index is 11.1. The quantitative estimate of drug-likeness (QED) is 0.702. The Morgan fingerprint density at radius 1 is 0.926 bits per heavy atom. The van der Waals surface area contributed by atoms with Crippen molar-refractivity contribution < 1.29 is 28.5 Å². The number of hydrogen-bond acceptors (Lipinski definition) is 8. The lowest BCUT2D eigenvalue weighted by molar-refractivity contribution is -0.107. The van der Waals surface area contributed by atoms with Crippen molar-refractivity contribution in [3.8, 4) is 11.5 Å². The maximum Gasteiger partial charge on any atom is 0.339 e. The molecule has 27 heavy (non-hydrogen) atoms. The minimum Gasteiger partial charge on any atom is -0.508 e. The largest absolute Gasteiger partial charge is 0.508 e. The van der Waals surface area contributed by atoms with Gasteiger partial charge in [-0.3, -0.25) is 0 Å². The van der Waals surface area contributed by atoms with E-state index in [0.29, 0.717) is 24.4 Å². The lowest BCUT2D eigenvalue weighted by atomic mass is 10.0. The number of aromatic hydroxyl groups is 2. The van der Waals surface area contributed by atoms with Gasteiger partial charge < -0.3 is 28.5 Å². The summed E-state index contributed by atoms with van der Waals surface area (Å²) in [4.78, 5) is 21.6. The molecule has 0 amide bonds. The molecule has 0 aliphatic rings. The van der Waals surface area contributed by atoms with Crippen LogP contribution in [0.1, 0.15) is 44.1 Å². The molecule has 1 unspecified atom stereocenters. The molecule has 0 aliphatic heterocycles. The predicted octanol–water partition coefficient (Wildman–Crippen LogP) is 2.76. The molecule has 8 heteroatoms. The fraction of sp³-hybridized carbons (Fsp3) is 0.474. The van der Waals surface area contributed by atoms with Crippen LogP contribution in [0.15, 0.2) is 42.7 Å². The van der Waals surface area contributed by atoms with Gasteiger partial charge in [0.1, 0.15) is 23.0 Å². The van der Waals surface area contributed by atoms with Gasteiger partial charge >= 0.3 is 11.3 Å². The van der Waals surface area contributed by atoms with Gasteiger partial charge in [-0.25, -0.2) is 9.59 Å². The molecule has 0 saturated heterocycles. The molecule has 0 aromatic carbocycles. The standard InChI is InChI=1S/C12H18O5.C7H8O3/c1-8(4-5-12(15-2)16-3)10-6-9(13)7-11(14)17-10;1-2-6-3-5(8)4-7(9)10-6/h6-8,12-13H,4-5H2,1-3H3;3-4,8H,2H2,1H3. The van der Waals surface area contributed by atoms with Gasteiger partial charge in [0.2, 0.25) is 0 Å². The Bertz CT molecular complexity index is 804. The molecule has 2 aromatic heterocycles. The lowest BCUT2D eigenvalue weighted by Crippen LogP contribution is -2.14. The summed E-state index contributed by atoms with van der Waals surface area (Å²) in [5, 5.41) is 18.2. The molecule has 8 nitrogen and oxygen atoms in total. The molecule has 0 spiro atoms. The fourth-order valence-electron chi connectivity index (χ4n) is 2.28. The summed E-state index contributed by atoms with van der Waals surface area (Å²) in [6, 6.07) is 4.98. The van der Waals surface area contributed by atoms with Gasteiger partial charge in [0.25, 0.3) is 0 Å². The summed E-state index contributed by atoms with van der Waals surface area (Å²) in [5.41, 5.74) is -1.04. The van der Waals surface area contributed by atoms with Crippen molar-refractivity contribution in [3.05, 3.63) is 56.6 Å². The van der Waals surface area contributed by atoms with Crippen molar-refractivity contribution in [2.45, 2.75) is 45.3 Å². The van der Waals surface area contributed by atoms with E-state index in [4.69, 9.17) is 23.4 Å². The van der Waals surface area contributed by atoms with Gasteiger partial charge in [-0.2, -0.15) is 0 Å². The summed E-state index contributed by atoms with van der Waals surface area (Å²) < 4.78 is 19.9. The van der Waals surface area contributed by atoms with E-state index in [2.05, 4.69) is 0 Å². The highest BCUT2D eigenvalue weighted by molar-refractivity contribution is 5.20. The van der Waals surface area contributed by atoms with Gasteiger partial charge in [0.05, 0.1) is 12.1 Å². The summed E-state index contributed by atoms with van der Waals surface area (Å²) in [6.45, 7) is 3.76. The topological polar surface area (TPSA) is 119 Å². The predicted molar refractivity (Wildman–Crippen MR) is 98.1 cm³/mol. The van der Waals surface area contributed by atoms with E-state index in [1.807, 2.05) is 13.8 Å². The van der Waals surface area contributed by atoms with Crippen molar-refractivity contribution in [1.82, 2.24) is 0 Å². The van der Waals surface area contributed by atoms with Gasteiger partial charge in [-0.05, 0) is 12.8 Å². The van der Waals surface area contributed by atoms with Crippen molar-refractivity contribution in [2.75, 3.05) is 14.2 Å². The molecule has 0 radical (unpaired) electrons. The number of rotatable bonds is 7. The number of aryl methyl sites for hydroxylation is 1. The summed E-state index contributed by atoms with van der Waals surface area (Å²) in [6.07, 6.45) is 1.78. The van der Waals surface area contributed by atoms with E-state index in [-0.39, 0.29) is 23.7 Å². The molecule has 2 heterocycles. The normalized spacial score (nSPS) is 11.7. The second-order valence-corrected chi connectivity index (χ2v) is 5.87. The van der Waals surface area contributed by atoms with Crippen molar-refractivity contribution in [3.63, 3.8) is 0 Å². The van der Waals surface area contributed by atoms with Crippen molar-refractivity contribution in [2.24, 2.45) is 0 Å². The van der Waals surface area contributed by atoms with Crippen molar-refractivity contribution in [1.29, 1.82) is 0 Å². The Balaban J connectivity index is 0.000000309. The van der Waals surface area contributed by atoms with Crippen LogP contribution in [-0.2, 0) is 15.9 Å². The van der Waals surface area contributed by atoms with Crippen LogP contribution in [-0.4, -0.2) is 30.7 Å². The van der Waals surface area contributed by atoms with E-state index < -0.39 is 11.3 Å². The lowest BCUT2D eigenvalue weighted by Gasteiger charge is -2.15. The average Bonchev–Trinajstić information content (AvgIpc) is 2.61. The molecule has 0 bridgehead atoms. The molecular weight excluding hydrogens is 356 g/mol. The van der Waals surface area contributed by atoms with Crippen LogP contribution < -0.4 is 11.3 Å². The van der Waals surface area contributed by atoms with Gasteiger partial charge in [-0.15, -0.1) is 0 Å². The molecule has 0 fully saturated rings. The zero-order valence-corrected chi connectivity index (χ0v) is 15.9. The first-order chi connectivity index (χ1) is 12.8. The smallest absolute Gasteiger partial charge is 0.339 e. The third kappa shape index (κ3) is 8.10. The van der Waals surface area contributed by atoms with E-state index in [1.165, 1.54) is 12.1 Å². The Morgan fingerprint density at radius 3 is 1.96 bits per heavy atom. The average molecular weight is 382 g/mol. The second kappa shape index (κ2) is 11.2. The third-order valence-corrected chi connectivity index (χ3v) is 3.78. The first-order valence-electron chi connectivity index (χ1n) is 8.51. The number of hydrogen-bond donors (Lipinski definition) is 2. The highest BCUT2D eigenvalue weighted by Crippen LogP contribution is 2.23. The van der Waals surface area contributed by atoms with E-state index in [9.17, 15) is 14.7 Å². The highest BCUT2D eigenvalue weighted by atomic mass is 16.7. The zero-order valence-electron chi connectivity index (χ0n) is 15.9. The third-order valence-electron chi connectivity index (χ3n) is 3.78. The van der Waals surface area contributed by atoms with Crippen LogP contribution in [0.5, 0.6) is 11.5 Å². The molecule has 2 rings (SSSR count). The molecule has 0 aliphatic carbocycles. The highest BCUT2D eigenvalue weighted by Gasteiger charge is 2.13. The fourth-order valence-corrected chi connectivity index (χ4v) is 2.28. The van der Waals surface area contributed by atoms with Crippen LogP contribution in [0.2, 0.25) is 0 Å². The van der Waals surface area contributed by atoms with E-state index in [1.54, 1.807) is 14.2 Å². The van der Waals surface area contributed by atoms with Crippen molar-refractivity contribution >= 4 is 0 Å². The SMILES string of the molecule is CCc1cc(O)cc(=O)o1.COC(CCC(C)c1cc(O)cc(=O)o1)OC. The summed E-state index contributed by atoms with van der Waals surface area (Å²) >= 11 is 0. The molecule has 1 atom stereocenters. The summed E-state index contributed by atoms with van der Waals surface area (Å²) in [7, 11) is 3.15. The molecular formula is C19H26O8.